The summed E-state index contributed by atoms with van der Waals surface area (Å²) in [5.41, 5.74) is 0.668. The molecule has 5 rings (SSSR count). The maximum Gasteiger partial charge on any atom is 0.253 e. The zero-order chi connectivity index (χ0) is 17.7. The first-order valence-corrected chi connectivity index (χ1v) is 10.0. The molecule has 3 saturated heterocycles. The Hall–Kier alpha value is -1.88. The molecule has 1 spiro atoms. The second kappa shape index (κ2) is 6.08. The van der Waals surface area contributed by atoms with E-state index in [1.807, 2.05) is 35.2 Å². The first-order chi connectivity index (χ1) is 12.6. The van der Waals surface area contributed by atoms with Crippen LogP contribution in [0.3, 0.4) is 0 Å². The Kier molecular flexibility index (Phi) is 3.82. The van der Waals surface area contributed by atoms with Gasteiger partial charge in [0.25, 0.3) is 5.91 Å². The largest absolute Gasteiger partial charge is 0.350 e. The summed E-state index contributed by atoms with van der Waals surface area (Å²) in [4.78, 5) is 29.8. The number of rotatable bonds is 3. The molecule has 0 bridgehead atoms. The molecule has 2 amide bonds. The summed E-state index contributed by atoms with van der Waals surface area (Å²) < 4.78 is 0. The highest BCUT2D eigenvalue weighted by Crippen LogP contribution is 2.45. The topological polar surface area (TPSA) is 52.7 Å². The van der Waals surface area contributed by atoms with Crippen molar-refractivity contribution in [1.82, 2.24) is 15.1 Å². The highest BCUT2D eigenvalue weighted by molar-refractivity contribution is 5.94. The first-order valence-electron chi connectivity index (χ1n) is 10.0. The maximum absolute atomic E-state index is 12.7. The number of nitrogens with one attached hydrogen (secondary N) is 1. The van der Waals surface area contributed by atoms with E-state index in [0.29, 0.717) is 5.92 Å². The van der Waals surface area contributed by atoms with Crippen molar-refractivity contribution in [2.75, 3.05) is 32.7 Å². The molecule has 1 saturated carbocycles. The minimum Gasteiger partial charge on any atom is -0.350 e. The molecule has 1 N–H and O–H groups in total. The third kappa shape index (κ3) is 2.73. The zero-order valence-electron chi connectivity index (χ0n) is 15.2. The van der Waals surface area contributed by atoms with Gasteiger partial charge in [-0.3, -0.25) is 9.59 Å². The Morgan fingerprint density at radius 3 is 2.54 bits per heavy atom. The number of piperidine rings is 1. The minimum atomic E-state index is -0.0898. The predicted molar refractivity (Wildman–Crippen MR) is 98.6 cm³/mol. The molecule has 1 aromatic rings. The van der Waals surface area contributed by atoms with Gasteiger partial charge in [-0.2, -0.15) is 0 Å². The molecule has 3 heterocycles. The molecule has 2 atom stereocenters. The lowest BCUT2D eigenvalue weighted by Gasteiger charge is -2.42. The molecule has 3 aliphatic heterocycles. The molecule has 26 heavy (non-hydrogen) atoms. The Morgan fingerprint density at radius 1 is 1.12 bits per heavy atom. The van der Waals surface area contributed by atoms with E-state index >= 15 is 0 Å². The van der Waals surface area contributed by atoms with Gasteiger partial charge in [0.2, 0.25) is 5.91 Å². The van der Waals surface area contributed by atoms with Gasteiger partial charge in [0, 0.05) is 49.7 Å². The summed E-state index contributed by atoms with van der Waals surface area (Å²) in [6.07, 6.45) is 4.49. The molecular formula is C21H27N3O2. The van der Waals surface area contributed by atoms with Crippen molar-refractivity contribution in [3.8, 4) is 0 Å². The Balaban J connectivity index is 1.26. The quantitative estimate of drug-likeness (QED) is 0.901. The predicted octanol–water partition coefficient (Wildman–Crippen LogP) is 1.75. The SMILES string of the molecule is O=C1NC2(CCN(C(=O)c3ccccc3)CC2)[C@H]2CN(CC3CC3)C[C@@H]12. The van der Waals surface area contributed by atoms with Crippen LogP contribution in [0.1, 0.15) is 36.0 Å². The third-order valence-electron chi connectivity index (χ3n) is 6.99. The molecule has 138 valence electrons. The van der Waals surface area contributed by atoms with Crippen LogP contribution in [-0.4, -0.2) is 59.9 Å². The zero-order valence-corrected chi connectivity index (χ0v) is 15.2. The number of benzene rings is 1. The highest BCUT2D eigenvalue weighted by Gasteiger charge is 2.57. The van der Waals surface area contributed by atoms with Crippen LogP contribution in [0.15, 0.2) is 30.3 Å². The second-order valence-corrected chi connectivity index (χ2v) is 8.68. The van der Waals surface area contributed by atoms with Gasteiger partial charge in [0.1, 0.15) is 0 Å². The van der Waals surface area contributed by atoms with Gasteiger partial charge in [-0.15, -0.1) is 0 Å². The standard InChI is InChI=1S/C21H27N3O2/c25-19-17-13-23(12-15-6-7-15)14-18(17)21(22-19)8-10-24(11-9-21)20(26)16-4-2-1-3-5-16/h1-5,15,17-18H,6-14H2,(H,22,25)/t17-,18+/m1/s1. The number of hydrogen-bond acceptors (Lipinski definition) is 3. The summed E-state index contributed by atoms with van der Waals surface area (Å²) in [5.74, 6) is 1.81. The van der Waals surface area contributed by atoms with E-state index in [9.17, 15) is 9.59 Å². The van der Waals surface area contributed by atoms with Crippen molar-refractivity contribution in [3.05, 3.63) is 35.9 Å². The summed E-state index contributed by atoms with van der Waals surface area (Å²) >= 11 is 0. The van der Waals surface area contributed by atoms with Crippen molar-refractivity contribution in [1.29, 1.82) is 0 Å². The number of carbonyl (C=O) groups is 2. The van der Waals surface area contributed by atoms with Crippen LogP contribution in [-0.2, 0) is 4.79 Å². The number of hydrogen-bond donors (Lipinski definition) is 1. The Labute approximate surface area is 154 Å². The summed E-state index contributed by atoms with van der Waals surface area (Å²) in [6, 6.07) is 9.52. The molecule has 0 unspecified atom stereocenters. The van der Waals surface area contributed by atoms with Crippen LogP contribution in [0.2, 0.25) is 0 Å². The van der Waals surface area contributed by atoms with E-state index < -0.39 is 0 Å². The fraction of sp³-hybridized carbons (Fsp3) is 0.619. The summed E-state index contributed by atoms with van der Waals surface area (Å²) in [6.45, 7) is 4.63. The highest BCUT2D eigenvalue weighted by atomic mass is 16.2. The van der Waals surface area contributed by atoms with Crippen molar-refractivity contribution >= 4 is 11.8 Å². The van der Waals surface area contributed by atoms with Gasteiger partial charge >= 0.3 is 0 Å². The van der Waals surface area contributed by atoms with E-state index in [-0.39, 0.29) is 23.3 Å². The van der Waals surface area contributed by atoms with Crippen LogP contribution >= 0.6 is 0 Å². The molecule has 1 aromatic carbocycles. The van der Waals surface area contributed by atoms with E-state index in [4.69, 9.17) is 0 Å². The van der Waals surface area contributed by atoms with E-state index in [1.54, 1.807) is 0 Å². The molecule has 0 radical (unpaired) electrons. The fourth-order valence-electron chi connectivity index (χ4n) is 5.32. The molecular weight excluding hydrogens is 326 g/mol. The number of carbonyl (C=O) groups excluding carboxylic acids is 2. The minimum absolute atomic E-state index is 0.0898. The van der Waals surface area contributed by atoms with Crippen molar-refractivity contribution in [2.45, 2.75) is 31.2 Å². The van der Waals surface area contributed by atoms with Crippen molar-refractivity contribution in [3.63, 3.8) is 0 Å². The first kappa shape index (κ1) is 16.3. The van der Waals surface area contributed by atoms with Gasteiger partial charge in [0.15, 0.2) is 0 Å². The van der Waals surface area contributed by atoms with Crippen LogP contribution in [0.4, 0.5) is 0 Å². The lowest BCUT2D eigenvalue weighted by atomic mass is 9.75. The normalized spacial score (nSPS) is 30.5. The van der Waals surface area contributed by atoms with Gasteiger partial charge in [-0.25, -0.2) is 0 Å². The Bertz CT molecular complexity index is 707. The van der Waals surface area contributed by atoms with E-state index in [0.717, 1.165) is 50.5 Å². The molecule has 0 aromatic heterocycles. The fourth-order valence-corrected chi connectivity index (χ4v) is 5.32. The monoisotopic (exact) mass is 353 g/mol. The Morgan fingerprint density at radius 2 is 1.85 bits per heavy atom. The van der Waals surface area contributed by atoms with Crippen LogP contribution in [0, 0.1) is 17.8 Å². The smallest absolute Gasteiger partial charge is 0.253 e. The molecule has 1 aliphatic carbocycles. The van der Waals surface area contributed by atoms with Crippen LogP contribution in [0.25, 0.3) is 0 Å². The lowest BCUT2D eigenvalue weighted by Crippen LogP contribution is -2.56. The van der Waals surface area contributed by atoms with E-state index in [1.165, 1.54) is 19.4 Å². The van der Waals surface area contributed by atoms with Gasteiger partial charge in [-0.05, 0) is 43.7 Å². The molecule has 4 fully saturated rings. The van der Waals surface area contributed by atoms with Gasteiger partial charge in [0.05, 0.1) is 5.92 Å². The average molecular weight is 353 g/mol. The van der Waals surface area contributed by atoms with Gasteiger partial charge < -0.3 is 15.1 Å². The molecule has 5 nitrogen and oxygen atoms in total. The number of fused-ring (bicyclic) bond motifs is 2. The van der Waals surface area contributed by atoms with Gasteiger partial charge in [-0.1, -0.05) is 18.2 Å². The van der Waals surface area contributed by atoms with E-state index in [2.05, 4.69) is 10.2 Å². The maximum atomic E-state index is 12.7. The third-order valence-corrected chi connectivity index (χ3v) is 6.99. The van der Waals surface area contributed by atoms with Crippen LogP contribution < -0.4 is 5.32 Å². The number of nitrogens with zero attached hydrogens (tertiary/aromatic N) is 2. The lowest BCUT2D eigenvalue weighted by molar-refractivity contribution is -0.123. The molecule has 5 heteroatoms. The number of likely N-dealkylation sites (tertiary alicyclic amines) is 2. The van der Waals surface area contributed by atoms with Crippen LogP contribution in [0.5, 0.6) is 0 Å². The van der Waals surface area contributed by atoms with Crippen molar-refractivity contribution in [2.24, 2.45) is 17.8 Å². The number of amides is 2. The summed E-state index contributed by atoms with van der Waals surface area (Å²) in [7, 11) is 0. The van der Waals surface area contributed by atoms with Crippen molar-refractivity contribution < 1.29 is 9.59 Å². The second-order valence-electron chi connectivity index (χ2n) is 8.68. The summed E-state index contributed by atoms with van der Waals surface area (Å²) in [5, 5.41) is 3.36. The molecule has 4 aliphatic rings. The average Bonchev–Trinajstić information content (AvgIpc) is 3.31.